The maximum absolute atomic E-state index is 10.7. The first-order valence-electron chi connectivity index (χ1n) is 2.88. The minimum Gasteiger partial charge on any atom is -0.396 e. The van der Waals surface area contributed by atoms with Crippen molar-refractivity contribution in [3.8, 4) is 0 Å². The van der Waals surface area contributed by atoms with Gasteiger partial charge >= 0.3 is 0 Å². The van der Waals surface area contributed by atoms with Gasteiger partial charge in [0, 0.05) is 29.1 Å². The van der Waals surface area contributed by atoms with E-state index in [-0.39, 0.29) is 24.4 Å². The van der Waals surface area contributed by atoms with Crippen LogP contribution in [0.2, 0.25) is 0 Å². The van der Waals surface area contributed by atoms with Crippen molar-refractivity contribution < 1.29 is 14.4 Å². The Morgan fingerprint density at radius 3 is 2.33 bits per heavy atom. The van der Waals surface area contributed by atoms with Gasteiger partial charge in [0.2, 0.25) is 0 Å². The Kier molecular flexibility index (Phi) is 2.21. The molecule has 54 valence electrons. The van der Waals surface area contributed by atoms with Crippen LogP contribution < -0.4 is 0 Å². The molecule has 1 saturated heterocycles. The lowest BCUT2D eigenvalue weighted by Crippen LogP contribution is -2.46. The number of hydrogen-bond acceptors (Lipinski definition) is 3. The van der Waals surface area contributed by atoms with Gasteiger partial charge in [-0.25, -0.2) is 0 Å². The van der Waals surface area contributed by atoms with E-state index in [1.54, 1.807) is 0 Å². The van der Waals surface area contributed by atoms with Crippen molar-refractivity contribution in [3.63, 3.8) is 0 Å². The Bertz CT molecular complexity index is 125. The summed E-state index contributed by atoms with van der Waals surface area (Å²) in [6.07, 6.45) is 0. The van der Waals surface area contributed by atoms with E-state index in [4.69, 9.17) is 10.2 Å². The first-order chi connectivity index (χ1) is 4.29. The molecule has 1 unspecified atom stereocenters. The van der Waals surface area contributed by atoms with Crippen molar-refractivity contribution in [1.82, 2.24) is 0 Å². The fourth-order valence-corrected chi connectivity index (χ4v) is 2.36. The van der Waals surface area contributed by atoms with Gasteiger partial charge in [-0.15, -0.1) is 0 Å². The lowest BCUT2D eigenvalue weighted by molar-refractivity contribution is 0.187. The molecule has 2 N–H and O–H groups in total. The van der Waals surface area contributed by atoms with Crippen molar-refractivity contribution >= 4 is 10.8 Å². The summed E-state index contributed by atoms with van der Waals surface area (Å²) in [6, 6.07) is 0. The molecular weight excluding hydrogens is 140 g/mol. The molecule has 1 fully saturated rings. The first-order valence-corrected chi connectivity index (χ1v) is 4.26. The van der Waals surface area contributed by atoms with Gasteiger partial charge in [-0.05, 0) is 0 Å². The fourth-order valence-electron chi connectivity index (χ4n) is 0.937. The quantitative estimate of drug-likeness (QED) is 0.515. The van der Waals surface area contributed by atoms with Crippen LogP contribution in [0, 0.1) is 5.92 Å². The Labute approximate surface area is 56.2 Å². The number of aliphatic hydroxyl groups is 2. The van der Waals surface area contributed by atoms with Gasteiger partial charge < -0.3 is 10.2 Å². The average Bonchev–Trinajstić information content (AvgIpc) is 1.83. The summed E-state index contributed by atoms with van der Waals surface area (Å²) < 4.78 is 10.7. The predicted molar refractivity (Wildman–Crippen MR) is 34.5 cm³/mol. The van der Waals surface area contributed by atoms with E-state index in [9.17, 15) is 4.21 Å². The zero-order valence-corrected chi connectivity index (χ0v) is 5.80. The van der Waals surface area contributed by atoms with E-state index in [2.05, 4.69) is 0 Å². The Morgan fingerprint density at radius 2 is 2.11 bits per heavy atom. The van der Waals surface area contributed by atoms with Crippen LogP contribution in [0.1, 0.15) is 0 Å². The van der Waals surface area contributed by atoms with Gasteiger partial charge in [0.15, 0.2) is 0 Å². The molecule has 0 bridgehead atoms. The zero-order valence-electron chi connectivity index (χ0n) is 4.99. The molecule has 3 atom stereocenters. The molecule has 0 spiro atoms. The second-order valence-electron chi connectivity index (χ2n) is 2.21. The number of aliphatic hydroxyl groups excluding tert-OH is 2. The number of rotatable bonds is 2. The molecule has 1 rings (SSSR count). The second-order valence-corrected chi connectivity index (χ2v) is 3.91. The largest absolute Gasteiger partial charge is 0.396 e. The molecule has 0 aromatic carbocycles. The minimum atomic E-state index is -0.870. The third kappa shape index (κ3) is 1.15. The Morgan fingerprint density at radius 1 is 1.44 bits per heavy atom. The maximum atomic E-state index is 10.7. The molecule has 1 aliphatic rings. The summed E-state index contributed by atoms with van der Waals surface area (Å²) in [6.45, 7) is -0.00515. The summed E-state index contributed by atoms with van der Waals surface area (Å²) in [4.78, 5) is 0. The van der Waals surface area contributed by atoms with Crippen molar-refractivity contribution in [1.29, 1.82) is 0 Å². The average molecular weight is 150 g/mol. The van der Waals surface area contributed by atoms with Crippen molar-refractivity contribution in [2.75, 3.05) is 19.0 Å². The van der Waals surface area contributed by atoms with E-state index in [0.717, 1.165) is 0 Å². The Balaban J connectivity index is 2.38. The monoisotopic (exact) mass is 150 g/mol. The molecule has 1 aliphatic heterocycles. The maximum Gasteiger partial charge on any atom is 0.0637 e. The van der Waals surface area contributed by atoms with Crippen LogP contribution in [0.15, 0.2) is 0 Å². The highest BCUT2D eigenvalue weighted by molar-refractivity contribution is 7.87. The van der Waals surface area contributed by atoms with E-state index in [1.165, 1.54) is 0 Å². The van der Waals surface area contributed by atoms with Crippen LogP contribution in [0.25, 0.3) is 0 Å². The van der Waals surface area contributed by atoms with Gasteiger partial charge in [-0.3, -0.25) is 4.21 Å². The fraction of sp³-hybridized carbons (Fsp3) is 1.00. The lowest BCUT2D eigenvalue weighted by Gasteiger charge is -2.32. The topological polar surface area (TPSA) is 57.5 Å². The standard InChI is InChI=1S/C5H10O3S/c6-1-4-3-9(8)5(4)2-7/h4-7H,1-3H2/t4-,5+,9?/m0/s1. The lowest BCUT2D eigenvalue weighted by atomic mass is 10.1. The molecule has 0 radical (unpaired) electrons. The predicted octanol–water partition coefficient (Wildman–Crippen LogP) is -1.28. The molecule has 0 amide bonds. The van der Waals surface area contributed by atoms with Gasteiger partial charge in [-0.1, -0.05) is 0 Å². The van der Waals surface area contributed by atoms with E-state index in [0.29, 0.717) is 5.75 Å². The second kappa shape index (κ2) is 2.77. The highest BCUT2D eigenvalue weighted by Crippen LogP contribution is 2.22. The van der Waals surface area contributed by atoms with Gasteiger partial charge in [0.25, 0.3) is 0 Å². The molecule has 0 saturated carbocycles. The van der Waals surface area contributed by atoms with Crippen LogP contribution >= 0.6 is 0 Å². The molecule has 9 heavy (non-hydrogen) atoms. The number of hydrogen-bond donors (Lipinski definition) is 2. The molecule has 1 heterocycles. The van der Waals surface area contributed by atoms with Crippen molar-refractivity contribution in [3.05, 3.63) is 0 Å². The molecule has 0 aromatic heterocycles. The summed E-state index contributed by atoms with van der Waals surface area (Å²) in [5, 5.41) is 17.0. The van der Waals surface area contributed by atoms with E-state index >= 15 is 0 Å². The summed E-state index contributed by atoms with van der Waals surface area (Å²) in [7, 11) is -0.870. The van der Waals surface area contributed by atoms with Gasteiger partial charge in [0.1, 0.15) is 0 Å². The summed E-state index contributed by atoms with van der Waals surface area (Å²) in [5.74, 6) is 0.637. The smallest absolute Gasteiger partial charge is 0.0637 e. The molecular formula is C5H10O3S. The van der Waals surface area contributed by atoms with Gasteiger partial charge in [0.05, 0.1) is 11.9 Å². The normalized spacial score (nSPS) is 42.2. The summed E-state index contributed by atoms with van der Waals surface area (Å²) >= 11 is 0. The minimum absolute atomic E-state index is 0.0525. The van der Waals surface area contributed by atoms with Crippen LogP contribution in [0.5, 0.6) is 0 Å². The first kappa shape index (κ1) is 7.18. The molecule has 4 heteroatoms. The molecule has 3 nitrogen and oxygen atoms in total. The SMILES string of the molecule is O=S1C[C@H](CO)[C@H]1CO. The van der Waals surface area contributed by atoms with Crippen molar-refractivity contribution in [2.24, 2.45) is 5.92 Å². The zero-order chi connectivity index (χ0) is 6.85. The van der Waals surface area contributed by atoms with Crippen LogP contribution in [-0.2, 0) is 10.8 Å². The molecule has 0 aromatic rings. The summed E-state index contributed by atoms with van der Waals surface area (Å²) in [5.41, 5.74) is 0. The highest BCUT2D eigenvalue weighted by atomic mass is 32.2. The highest BCUT2D eigenvalue weighted by Gasteiger charge is 2.37. The van der Waals surface area contributed by atoms with Crippen molar-refractivity contribution in [2.45, 2.75) is 5.25 Å². The van der Waals surface area contributed by atoms with E-state index < -0.39 is 10.8 Å². The van der Waals surface area contributed by atoms with Crippen LogP contribution in [0.3, 0.4) is 0 Å². The Hall–Kier alpha value is 0.0700. The van der Waals surface area contributed by atoms with Crippen LogP contribution in [-0.4, -0.2) is 38.6 Å². The van der Waals surface area contributed by atoms with Crippen LogP contribution in [0.4, 0.5) is 0 Å². The van der Waals surface area contributed by atoms with Gasteiger partial charge in [-0.2, -0.15) is 0 Å². The van der Waals surface area contributed by atoms with E-state index in [1.807, 2.05) is 0 Å². The third-order valence-corrected chi connectivity index (χ3v) is 3.62. The molecule has 0 aliphatic carbocycles. The third-order valence-electron chi connectivity index (χ3n) is 1.66.